The number of carbonyl (C=O) groups is 2. The first kappa shape index (κ1) is 18.1. The lowest BCUT2D eigenvalue weighted by Crippen LogP contribution is -2.31. The van der Waals surface area contributed by atoms with Crippen LogP contribution in [0.1, 0.15) is 6.42 Å². The summed E-state index contributed by atoms with van der Waals surface area (Å²) in [5.41, 5.74) is 1.23. The lowest BCUT2D eigenvalue weighted by Gasteiger charge is -2.12. The number of ether oxygens (including phenoxy) is 2. The molecule has 2 aromatic carbocycles. The summed E-state index contributed by atoms with van der Waals surface area (Å²) in [5.74, 6) is 0.903. The van der Waals surface area contributed by atoms with Gasteiger partial charge in [0.15, 0.2) is 0 Å². The Labute approximate surface area is 146 Å². The number of carbonyl (C=O) groups excluding carboxylic acids is 2. The van der Waals surface area contributed by atoms with Gasteiger partial charge < -0.3 is 25.4 Å². The van der Waals surface area contributed by atoms with Crippen LogP contribution < -0.4 is 25.4 Å². The van der Waals surface area contributed by atoms with Crippen molar-refractivity contribution >= 4 is 23.3 Å². The molecule has 2 rings (SSSR count). The Hall–Kier alpha value is -3.22. The molecule has 0 atom stereocenters. The van der Waals surface area contributed by atoms with Gasteiger partial charge in [-0.1, -0.05) is 18.2 Å². The zero-order valence-corrected chi connectivity index (χ0v) is 14.2. The number of benzene rings is 2. The smallest absolute Gasteiger partial charge is 0.319 e. The molecule has 0 unspecified atom stereocenters. The Kier molecular flexibility index (Phi) is 6.65. The first-order chi connectivity index (χ1) is 12.1. The molecule has 7 heteroatoms. The van der Waals surface area contributed by atoms with E-state index in [1.165, 1.54) is 7.11 Å². The highest BCUT2D eigenvalue weighted by Gasteiger charge is 2.09. The topological polar surface area (TPSA) is 88.7 Å². The predicted octanol–water partition coefficient (Wildman–Crippen LogP) is 2.85. The maximum Gasteiger partial charge on any atom is 0.319 e. The van der Waals surface area contributed by atoms with Crippen molar-refractivity contribution in [1.82, 2.24) is 5.32 Å². The molecule has 0 radical (unpaired) electrons. The van der Waals surface area contributed by atoms with Crippen molar-refractivity contribution in [2.24, 2.45) is 0 Å². The lowest BCUT2D eigenvalue weighted by molar-refractivity contribution is -0.116. The number of rotatable bonds is 7. The van der Waals surface area contributed by atoms with Crippen molar-refractivity contribution in [2.75, 3.05) is 31.4 Å². The Bertz CT molecular complexity index is 720. The number of urea groups is 1. The van der Waals surface area contributed by atoms with Crippen LogP contribution >= 0.6 is 0 Å². The first-order valence-corrected chi connectivity index (χ1v) is 7.74. The summed E-state index contributed by atoms with van der Waals surface area (Å²) < 4.78 is 10.3. The molecule has 7 nitrogen and oxygen atoms in total. The Morgan fingerprint density at radius 1 is 0.960 bits per heavy atom. The van der Waals surface area contributed by atoms with Gasteiger partial charge in [0.25, 0.3) is 0 Å². The molecular formula is C18H21N3O4. The van der Waals surface area contributed by atoms with Gasteiger partial charge in [-0.05, 0) is 24.3 Å². The molecule has 0 saturated carbocycles. The quantitative estimate of drug-likeness (QED) is 0.721. The third-order valence-electron chi connectivity index (χ3n) is 3.35. The molecule has 0 spiro atoms. The number of hydrogen-bond donors (Lipinski definition) is 3. The average Bonchev–Trinajstić information content (AvgIpc) is 2.62. The summed E-state index contributed by atoms with van der Waals surface area (Å²) in [7, 11) is 3.07. The Balaban J connectivity index is 1.78. The average molecular weight is 343 g/mol. The molecule has 0 aliphatic heterocycles. The van der Waals surface area contributed by atoms with Crippen LogP contribution in [0.2, 0.25) is 0 Å². The second-order valence-electron chi connectivity index (χ2n) is 5.11. The number of methoxy groups -OCH3 is 2. The van der Waals surface area contributed by atoms with Crippen LogP contribution in [-0.4, -0.2) is 32.7 Å². The zero-order valence-electron chi connectivity index (χ0n) is 14.2. The van der Waals surface area contributed by atoms with E-state index >= 15 is 0 Å². The fraction of sp³-hybridized carbons (Fsp3) is 0.222. The highest BCUT2D eigenvalue weighted by atomic mass is 16.5. The van der Waals surface area contributed by atoms with Gasteiger partial charge in [0.2, 0.25) is 5.91 Å². The number of amides is 3. The number of para-hydroxylation sites is 1. The molecular weight excluding hydrogens is 322 g/mol. The van der Waals surface area contributed by atoms with E-state index < -0.39 is 0 Å². The standard InChI is InChI=1S/C18H21N3O4/c1-24-14-8-9-15(16(12-14)25-2)21-17(22)10-11-19-18(23)20-13-6-4-3-5-7-13/h3-9,12H,10-11H2,1-2H3,(H,21,22)(H2,19,20,23). The highest BCUT2D eigenvalue weighted by Crippen LogP contribution is 2.28. The van der Waals surface area contributed by atoms with Crippen LogP contribution in [0, 0.1) is 0 Å². The van der Waals surface area contributed by atoms with Crippen molar-refractivity contribution in [2.45, 2.75) is 6.42 Å². The zero-order chi connectivity index (χ0) is 18.1. The van der Waals surface area contributed by atoms with Crippen LogP contribution in [0.4, 0.5) is 16.2 Å². The SMILES string of the molecule is COc1ccc(NC(=O)CCNC(=O)Nc2ccccc2)c(OC)c1. The van der Waals surface area contributed by atoms with E-state index in [0.717, 1.165) is 0 Å². The predicted molar refractivity (Wildman–Crippen MR) is 96.3 cm³/mol. The number of anilines is 2. The largest absolute Gasteiger partial charge is 0.497 e. The van der Waals surface area contributed by atoms with Gasteiger partial charge in [-0.15, -0.1) is 0 Å². The third-order valence-corrected chi connectivity index (χ3v) is 3.35. The van der Waals surface area contributed by atoms with Crippen molar-refractivity contribution in [3.8, 4) is 11.5 Å². The van der Waals surface area contributed by atoms with Crippen molar-refractivity contribution < 1.29 is 19.1 Å². The highest BCUT2D eigenvalue weighted by molar-refractivity contribution is 5.93. The second kappa shape index (κ2) is 9.17. The molecule has 0 aliphatic rings. The summed E-state index contributed by atoms with van der Waals surface area (Å²) in [6.45, 7) is 0.211. The third kappa shape index (κ3) is 5.72. The van der Waals surface area contributed by atoms with Gasteiger partial charge in [-0.25, -0.2) is 4.79 Å². The van der Waals surface area contributed by atoms with Gasteiger partial charge >= 0.3 is 6.03 Å². The fourth-order valence-corrected chi connectivity index (χ4v) is 2.10. The monoisotopic (exact) mass is 343 g/mol. The molecule has 0 aliphatic carbocycles. The first-order valence-electron chi connectivity index (χ1n) is 7.74. The van der Waals surface area contributed by atoms with E-state index in [4.69, 9.17) is 9.47 Å². The maximum atomic E-state index is 12.0. The van der Waals surface area contributed by atoms with E-state index in [1.807, 2.05) is 18.2 Å². The summed E-state index contributed by atoms with van der Waals surface area (Å²) in [6.07, 6.45) is 0.136. The maximum absolute atomic E-state index is 12.0. The molecule has 2 aromatic rings. The van der Waals surface area contributed by atoms with Crippen LogP contribution in [0.3, 0.4) is 0 Å². The summed E-state index contributed by atoms with van der Waals surface area (Å²) in [4.78, 5) is 23.7. The second-order valence-corrected chi connectivity index (χ2v) is 5.11. The van der Waals surface area contributed by atoms with Gasteiger partial charge in [0.05, 0.1) is 19.9 Å². The number of hydrogen-bond acceptors (Lipinski definition) is 4. The molecule has 3 N–H and O–H groups in total. The molecule has 0 heterocycles. The number of nitrogens with one attached hydrogen (secondary N) is 3. The van der Waals surface area contributed by atoms with E-state index in [9.17, 15) is 9.59 Å². The summed E-state index contributed by atoms with van der Waals surface area (Å²) in [5, 5.41) is 8.06. The van der Waals surface area contributed by atoms with Crippen LogP contribution in [0.25, 0.3) is 0 Å². The summed E-state index contributed by atoms with van der Waals surface area (Å²) in [6, 6.07) is 13.8. The normalized spacial score (nSPS) is 9.84. The molecule has 0 saturated heterocycles. The van der Waals surface area contributed by atoms with Crippen molar-refractivity contribution in [3.05, 3.63) is 48.5 Å². The minimum atomic E-state index is -0.360. The molecule has 132 valence electrons. The van der Waals surface area contributed by atoms with Gasteiger partial charge in [0, 0.05) is 24.7 Å². The Morgan fingerprint density at radius 2 is 1.72 bits per heavy atom. The van der Waals surface area contributed by atoms with Gasteiger partial charge in [-0.2, -0.15) is 0 Å². The Morgan fingerprint density at radius 3 is 2.40 bits per heavy atom. The van der Waals surface area contributed by atoms with Crippen molar-refractivity contribution in [3.63, 3.8) is 0 Å². The van der Waals surface area contributed by atoms with Crippen LogP contribution in [0.5, 0.6) is 11.5 Å². The fourth-order valence-electron chi connectivity index (χ4n) is 2.10. The molecule has 0 aromatic heterocycles. The minimum Gasteiger partial charge on any atom is -0.497 e. The summed E-state index contributed by atoms with van der Waals surface area (Å²) >= 11 is 0. The van der Waals surface area contributed by atoms with E-state index in [0.29, 0.717) is 22.9 Å². The van der Waals surface area contributed by atoms with Gasteiger partial charge in [-0.3, -0.25) is 4.79 Å². The van der Waals surface area contributed by atoms with Gasteiger partial charge in [0.1, 0.15) is 11.5 Å². The van der Waals surface area contributed by atoms with Crippen LogP contribution in [0.15, 0.2) is 48.5 Å². The van der Waals surface area contributed by atoms with E-state index in [2.05, 4.69) is 16.0 Å². The molecule has 3 amide bonds. The van der Waals surface area contributed by atoms with E-state index in [1.54, 1.807) is 37.4 Å². The van der Waals surface area contributed by atoms with E-state index in [-0.39, 0.29) is 24.9 Å². The van der Waals surface area contributed by atoms with Crippen LogP contribution in [-0.2, 0) is 4.79 Å². The molecule has 0 fully saturated rings. The van der Waals surface area contributed by atoms with Crippen molar-refractivity contribution in [1.29, 1.82) is 0 Å². The molecule has 25 heavy (non-hydrogen) atoms. The lowest BCUT2D eigenvalue weighted by atomic mass is 10.2. The molecule has 0 bridgehead atoms. The minimum absolute atomic E-state index is 0.136.